The Balaban J connectivity index is 2.24. The number of nitrogens with zero attached hydrogens (tertiary/aromatic N) is 1. The van der Waals surface area contributed by atoms with Gasteiger partial charge in [0.05, 0.1) is 0 Å². The summed E-state index contributed by atoms with van der Waals surface area (Å²) >= 11 is 0. The number of amides is 1. The summed E-state index contributed by atoms with van der Waals surface area (Å²) in [7, 11) is 1.87. The highest BCUT2D eigenvalue weighted by Crippen LogP contribution is 2.08. The normalized spacial score (nSPS) is 21.3. The lowest BCUT2D eigenvalue weighted by Crippen LogP contribution is -2.47. The van der Waals surface area contributed by atoms with E-state index in [4.69, 9.17) is 4.74 Å². The molecule has 1 aliphatic rings. The molecular weight excluding hydrogens is 192 g/mol. The van der Waals surface area contributed by atoms with Crippen LogP contribution in [0.5, 0.6) is 0 Å². The summed E-state index contributed by atoms with van der Waals surface area (Å²) in [6, 6.07) is 0.344. The molecule has 1 saturated heterocycles. The SMILES string of the molecule is CCCOCC(=O)N(C)C1CCCNC1. The molecule has 1 heterocycles. The number of rotatable bonds is 5. The van der Waals surface area contributed by atoms with Crippen molar-refractivity contribution >= 4 is 5.91 Å². The van der Waals surface area contributed by atoms with Crippen molar-refractivity contribution in [2.75, 3.05) is 33.4 Å². The molecule has 1 aliphatic heterocycles. The summed E-state index contributed by atoms with van der Waals surface area (Å²) in [6.07, 6.45) is 3.21. The molecule has 0 radical (unpaired) electrons. The van der Waals surface area contributed by atoms with E-state index >= 15 is 0 Å². The zero-order valence-corrected chi connectivity index (χ0v) is 9.79. The van der Waals surface area contributed by atoms with Gasteiger partial charge in [0.2, 0.25) is 5.91 Å². The first-order chi connectivity index (χ1) is 7.25. The van der Waals surface area contributed by atoms with Crippen molar-refractivity contribution in [2.24, 2.45) is 0 Å². The molecule has 0 aliphatic carbocycles. The Morgan fingerprint density at radius 1 is 1.60 bits per heavy atom. The summed E-state index contributed by atoms with van der Waals surface area (Å²) in [5, 5.41) is 3.30. The van der Waals surface area contributed by atoms with Crippen molar-refractivity contribution in [3.63, 3.8) is 0 Å². The molecule has 1 rings (SSSR count). The van der Waals surface area contributed by atoms with E-state index in [0.29, 0.717) is 12.6 Å². The maximum Gasteiger partial charge on any atom is 0.248 e. The minimum atomic E-state index is 0.0946. The van der Waals surface area contributed by atoms with Gasteiger partial charge < -0.3 is 15.0 Å². The molecular formula is C11H22N2O2. The molecule has 4 heteroatoms. The van der Waals surface area contributed by atoms with Crippen LogP contribution in [0, 0.1) is 0 Å². The quantitative estimate of drug-likeness (QED) is 0.682. The number of piperidine rings is 1. The molecule has 15 heavy (non-hydrogen) atoms. The Morgan fingerprint density at radius 3 is 3.00 bits per heavy atom. The smallest absolute Gasteiger partial charge is 0.248 e. The first kappa shape index (κ1) is 12.5. The van der Waals surface area contributed by atoms with Gasteiger partial charge in [-0.25, -0.2) is 0 Å². The Labute approximate surface area is 92.0 Å². The number of likely N-dealkylation sites (N-methyl/N-ethyl adjacent to an activating group) is 1. The average Bonchev–Trinajstić information content (AvgIpc) is 2.29. The molecule has 1 amide bonds. The fraction of sp³-hybridized carbons (Fsp3) is 0.909. The van der Waals surface area contributed by atoms with Gasteiger partial charge in [-0.15, -0.1) is 0 Å². The second-order valence-corrected chi connectivity index (χ2v) is 4.06. The van der Waals surface area contributed by atoms with E-state index in [2.05, 4.69) is 5.32 Å². The van der Waals surface area contributed by atoms with E-state index in [1.54, 1.807) is 0 Å². The van der Waals surface area contributed by atoms with Gasteiger partial charge in [0.15, 0.2) is 0 Å². The summed E-state index contributed by atoms with van der Waals surface area (Å²) in [4.78, 5) is 13.5. The molecule has 1 unspecified atom stereocenters. The third kappa shape index (κ3) is 4.18. The van der Waals surface area contributed by atoms with E-state index in [0.717, 1.165) is 32.4 Å². The van der Waals surface area contributed by atoms with Gasteiger partial charge in [0, 0.05) is 26.2 Å². The molecule has 0 aromatic carbocycles. The topological polar surface area (TPSA) is 41.6 Å². The van der Waals surface area contributed by atoms with Crippen LogP contribution in [0.4, 0.5) is 0 Å². The monoisotopic (exact) mass is 214 g/mol. The number of carbonyl (C=O) groups is 1. The number of hydrogen-bond acceptors (Lipinski definition) is 3. The van der Waals surface area contributed by atoms with Crippen LogP contribution >= 0.6 is 0 Å². The van der Waals surface area contributed by atoms with Gasteiger partial charge in [-0.3, -0.25) is 4.79 Å². The summed E-state index contributed by atoms with van der Waals surface area (Å²) in [6.45, 7) is 4.92. The highest BCUT2D eigenvalue weighted by Gasteiger charge is 2.21. The van der Waals surface area contributed by atoms with E-state index in [1.165, 1.54) is 0 Å². The van der Waals surface area contributed by atoms with Crippen molar-refractivity contribution in [1.82, 2.24) is 10.2 Å². The number of hydrogen-bond donors (Lipinski definition) is 1. The van der Waals surface area contributed by atoms with Crippen LogP contribution in [0.15, 0.2) is 0 Å². The van der Waals surface area contributed by atoms with E-state index < -0.39 is 0 Å². The fourth-order valence-corrected chi connectivity index (χ4v) is 1.77. The minimum Gasteiger partial charge on any atom is -0.372 e. The Bertz CT molecular complexity index is 191. The zero-order chi connectivity index (χ0) is 11.1. The average molecular weight is 214 g/mol. The first-order valence-corrected chi connectivity index (χ1v) is 5.79. The molecule has 0 aromatic rings. The van der Waals surface area contributed by atoms with Crippen LogP contribution in [-0.2, 0) is 9.53 Å². The fourth-order valence-electron chi connectivity index (χ4n) is 1.77. The van der Waals surface area contributed by atoms with Crippen LogP contribution in [0.1, 0.15) is 26.2 Å². The molecule has 0 bridgehead atoms. The lowest BCUT2D eigenvalue weighted by molar-refractivity contribution is -0.137. The number of ether oxygens (including phenoxy) is 1. The van der Waals surface area contributed by atoms with Gasteiger partial charge in [-0.2, -0.15) is 0 Å². The number of nitrogens with one attached hydrogen (secondary N) is 1. The van der Waals surface area contributed by atoms with Crippen molar-refractivity contribution in [3.05, 3.63) is 0 Å². The van der Waals surface area contributed by atoms with Crippen LogP contribution < -0.4 is 5.32 Å². The summed E-state index contributed by atoms with van der Waals surface area (Å²) < 4.78 is 5.24. The third-order valence-electron chi connectivity index (χ3n) is 2.79. The van der Waals surface area contributed by atoms with Gasteiger partial charge >= 0.3 is 0 Å². The second-order valence-electron chi connectivity index (χ2n) is 4.06. The molecule has 0 spiro atoms. The highest BCUT2D eigenvalue weighted by molar-refractivity contribution is 5.77. The van der Waals surface area contributed by atoms with Crippen molar-refractivity contribution in [1.29, 1.82) is 0 Å². The van der Waals surface area contributed by atoms with Crippen LogP contribution in [-0.4, -0.2) is 50.2 Å². The highest BCUT2D eigenvalue weighted by atomic mass is 16.5. The van der Waals surface area contributed by atoms with Crippen LogP contribution in [0.2, 0.25) is 0 Å². The predicted octanol–water partition coefficient (Wildman–Crippen LogP) is 0.623. The van der Waals surface area contributed by atoms with Crippen molar-refractivity contribution in [2.45, 2.75) is 32.2 Å². The molecule has 1 atom stereocenters. The zero-order valence-electron chi connectivity index (χ0n) is 9.79. The van der Waals surface area contributed by atoms with E-state index in [-0.39, 0.29) is 12.5 Å². The maximum atomic E-state index is 11.7. The van der Waals surface area contributed by atoms with Gasteiger partial charge in [0.1, 0.15) is 6.61 Å². The molecule has 1 N–H and O–H groups in total. The number of carbonyl (C=O) groups excluding carboxylic acids is 1. The predicted molar refractivity (Wildman–Crippen MR) is 59.8 cm³/mol. The maximum absolute atomic E-state index is 11.7. The molecule has 1 fully saturated rings. The Morgan fingerprint density at radius 2 is 2.40 bits per heavy atom. The molecule has 0 saturated carbocycles. The van der Waals surface area contributed by atoms with Gasteiger partial charge in [-0.05, 0) is 25.8 Å². The lowest BCUT2D eigenvalue weighted by atomic mass is 10.1. The Kier molecular flexibility index (Phi) is 5.65. The largest absolute Gasteiger partial charge is 0.372 e. The van der Waals surface area contributed by atoms with Crippen molar-refractivity contribution < 1.29 is 9.53 Å². The van der Waals surface area contributed by atoms with Crippen LogP contribution in [0.25, 0.3) is 0 Å². The lowest BCUT2D eigenvalue weighted by Gasteiger charge is -2.31. The van der Waals surface area contributed by atoms with E-state index in [9.17, 15) is 4.79 Å². The standard InChI is InChI=1S/C11H22N2O2/c1-3-7-15-9-11(14)13(2)10-5-4-6-12-8-10/h10,12H,3-9H2,1-2H3. The van der Waals surface area contributed by atoms with E-state index in [1.807, 2.05) is 18.9 Å². The van der Waals surface area contributed by atoms with Crippen LogP contribution in [0.3, 0.4) is 0 Å². The molecule has 0 aromatic heterocycles. The summed E-state index contributed by atoms with van der Waals surface area (Å²) in [5.41, 5.74) is 0. The molecule has 88 valence electrons. The molecule has 4 nitrogen and oxygen atoms in total. The minimum absolute atomic E-state index is 0.0946. The summed E-state index contributed by atoms with van der Waals surface area (Å²) in [5.74, 6) is 0.0946. The second kappa shape index (κ2) is 6.80. The van der Waals surface area contributed by atoms with Crippen molar-refractivity contribution in [3.8, 4) is 0 Å². The first-order valence-electron chi connectivity index (χ1n) is 5.79. The van der Waals surface area contributed by atoms with Gasteiger partial charge in [-0.1, -0.05) is 6.92 Å². The van der Waals surface area contributed by atoms with Gasteiger partial charge in [0.25, 0.3) is 0 Å². The Hall–Kier alpha value is -0.610. The third-order valence-corrected chi connectivity index (χ3v) is 2.79.